The van der Waals surface area contributed by atoms with E-state index in [-0.39, 0.29) is 32.3 Å². The van der Waals surface area contributed by atoms with E-state index in [1.165, 1.54) is 38.5 Å². The van der Waals surface area contributed by atoms with E-state index in [9.17, 15) is 14.3 Å². The van der Waals surface area contributed by atoms with Crippen LogP contribution in [-0.2, 0) is 27.9 Å². The zero-order valence-corrected chi connectivity index (χ0v) is 27.4. The quantitative estimate of drug-likeness (QED) is 0.0358. The van der Waals surface area contributed by atoms with Crippen LogP contribution in [0.4, 0.5) is 0 Å². The molecule has 0 amide bonds. The molecule has 0 saturated carbocycles. The van der Waals surface area contributed by atoms with Crippen LogP contribution in [0, 0.1) is 0 Å². The molecule has 0 aromatic rings. The zero-order chi connectivity index (χ0) is 31.0. The number of phosphoric acid groups is 1. The fourth-order valence-electron chi connectivity index (χ4n) is 3.94. The first kappa shape index (κ1) is 40.5. The van der Waals surface area contributed by atoms with Crippen molar-refractivity contribution in [2.75, 3.05) is 33.0 Å². The van der Waals surface area contributed by atoms with Crippen LogP contribution in [0.2, 0.25) is 0 Å². The Morgan fingerprint density at radius 3 is 1.90 bits per heavy atom. The van der Waals surface area contributed by atoms with E-state index in [0.717, 1.165) is 57.8 Å². The topological polar surface area (TPSA) is 117 Å². The summed E-state index contributed by atoms with van der Waals surface area (Å²) in [5, 5.41) is 0. The van der Waals surface area contributed by atoms with E-state index in [0.29, 0.717) is 13.0 Å². The molecule has 2 atom stereocenters. The SMILES string of the molecule is CC/C=C\C/C=C\C/C=C\C/C=C\CCCOCC(COP(=O)(O)OCCN)OC(=O)CCCCCCCCCCC. The van der Waals surface area contributed by atoms with Gasteiger partial charge in [-0.25, -0.2) is 4.57 Å². The number of hydrogen-bond donors (Lipinski definition) is 2. The van der Waals surface area contributed by atoms with Gasteiger partial charge in [0.25, 0.3) is 0 Å². The molecule has 8 nitrogen and oxygen atoms in total. The molecular weight excluding hydrogens is 553 g/mol. The molecule has 0 aliphatic rings. The Balaban J connectivity index is 4.27. The number of allylic oxidation sites excluding steroid dienone is 8. The molecule has 0 bridgehead atoms. The first-order valence-electron chi connectivity index (χ1n) is 16.1. The summed E-state index contributed by atoms with van der Waals surface area (Å²) in [7, 11) is -4.27. The Hall–Kier alpha value is -1.54. The summed E-state index contributed by atoms with van der Waals surface area (Å²) in [6.07, 6.45) is 32.8. The molecule has 0 aromatic heterocycles. The van der Waals surface area contributed by atoms with E-state index in [2.05, 4.69) is 62.5 Å². The van der Waals surface area contributed by atoms with Gasteiger partial charge in [0.15, 0.2) is 0 Å². The van der Waals surface area contributed by atoms with Gasteiger partial charge >= 0.3 is 13.8 Å². The van der Waals surface area contributed by atoms with E-state index in [1.54, 1.807) is 0 Å². The van der Waals surface area contributed by atoms with Crippen molar-refractivity contribution in [2.45, 2.75) is 123 Å². The lowest BCUT2D eigenvalue weighted by Crippen LogP contribution is -2.28. The number of ether oxygens (including phenoxy) is 2. The van der Waals surface area contributed by atoms with Gasteiger partial charge < -0.3 is 20.1 Å². The minimum atomic E-state index is -4.27. The second-order valence-corrected chi connectivity index (χ2v) is 11.7. The smallest absolute Gasteiger partial charge is 0.457 e. The monoisotopic (exact) mass is 613 g/mol. The number of carbonyl (C=O) groups is 1. The van der Waals surface area contributed by atoms with Gasteiger partial charge in [0.1, 0.15) is 6.10 Å². The lowest BCUT2D eigenvalue weighted by molar-refractivity contribution is -0.154. The van der Waals surface area contributed by atoms with Crippen LogP contribution in [0.15, 0.2) is 48.6 Å². The van der Waals surface area contributed by atoms with Gasteiger partial charge in [-0.3, -0.25) is 13.8 Å². The lowest BCUT2D eigenvalue weighted by atomic mass is 10.1. The Morgan fingerprint density at radius 2 is 1.31 bits per heavy atom. The normalized spacial score (nSPS) is 14.5. The fraction of sp³-hybridized carbons (Fsp3) is 0.727. The second kappa shape index (κ2) is 30.9. The molecule has 0 aromatic carbocycles. The Kier molecular flexibility index (Phi) is 29.8. The maximum Gasteiger partial charge on any atom is 0.472 e. The third-order valence-corrected chi connectivity index (χ3v) is 7.24. The maximum absolute atomic E-state index is 12.4. The van der Waals surface area contributed by atoms with Crippen LogP contribution in [0.1, 0.15) is 117 Å². The number of hydrogen-bond acceptors (Lipinski definition) is 7. The van der Waals surface area contributed by atoms with E-state index >= 15 is 0 Å². The highest BCUT2D eigenvalue weighted by Crippen LogP contribution is 2.43. The number of nitrogens with two attached hydrogens (primary N) is 1. The highest BCUT2D eigenvalue weighted by molar-refractivity contribution is 7.47. The fourth-order valence-corrected chi connectivity index (χ4v) is 4.70. The van der Waals surface area contributed by atoms with Crippen LogP contribution < -0.4 is 5.73 Å². The number of esters is 1. The highest BCUT2D eigenvalue weighted by atomic mass is 31.2. The molecule has 42 heavy (non-hydrogen) atoms. The average molecular weight is 614 g/mol. The maximum atomic E-state index is 12.4. The zero-order valence-electron chi connectivity index (χ0n) is 26.5. The predicted octanol–water partition coefficient (Wildman–Crippen LogP) is 8.51. The molecular formula is C33H60NO7P. The van der Waals surface area contributed by atoms with Gasteiger partial charge in [-0.2, -0.15) is 0 Å². The molecule has 0 spiro atoms. The van der Waals surface area contributed by atoms with Crippen LogP contribution in [0.5, 0.6) is 0 Å². The molecule has 244 valence electrons. The number of phosphoric ester groups is 1. The van der Waals surface area contributed by atoms with Crippen molar-refractivity contribution in [2.24, 2.45) is 5.73 Å². The molecule has 2 unspecified atom stereocenters. The molecule has 0 rings (SSSR count). The molecule has 0 heterocycles. The Labute approximate surface area is 256 Å². The van der Waals surface area contributed by atoms with Crippen molar-refractivity contribution >= 4 is 13.8 Å². The Bertz CT molecular complexity index is 782. The van der Waals surface area contributed by atoms with E-state index in [4.69, 9.17) is 24.3 Å². The third-order valence-electron chi connectivity index (χ3n) is 6.26. The summed E-state index contributed by atoms with van der Waals surface area (Å²) >= 11 is 0. The molecule has 3 N–H and O–H groups in total. The average Bonchev–Trinajstić information content (AvgIpc) is 2.97. The molecule has 0 saturated heterocycles. The van der Waals surface area contributed by atoms with Crippen molar-refractivity contribution in [3.8, 4) is 0 Å². The molecule has 0 fully saturated rings. The minimum absolute atomic E-state index is 0.0780. The summed E-state index contributed by atoms with van der Waals surface area (Å²) in [4.78, 5) is 22.2. The van der Waals surface area contributed by atoms with Crippen LogP contribution >= 0.6 is 7.82 Å². The summed E-state index contributed by atoms with van der Waals surface area (Å²) in [6.45, 7) is 4.60. The standard InChI is InChI=1S/C33H60NO7P/c1-3-5-7-9-11-13-14-15-16-17-19-21-23-25-28-38-30-32(31-40-42(36,37)39-29-27-34)41-33(35)26-24-22-20-18-12-10-8-6-4-2/h5,7,11,13,15-16,19,21,32H,3-4,6,8-10,12,14,17-18,20,22-31,34H2,1-2H3,(H,36,37)/b7-5-,13-11-,16-15-,21-19-. The van der Waals surface area contributed by atoms with E-state index < -0.39 is 13.9 Å². The first-order valence-corrected chi connectivity index (χ1v) is 17.6. The third kappa shape index (κ3) is 29.9. The molecule has 0 radical (unpaired) electrons. The van der Waals surface area contributed by atoms with Crippen molar-refractivity contribution in [3.05, 3.63) is 48.6 Å². The number of carbonyl (C=O) groups excluding carboxylic acids is 1. The minimum Gasteiger partial charge on any atom is -0.457 e. The first-order chi connectivity index (χ1) is 20.4. The summed E-state index contributed by atoms with van der Waals surface area (Å²) in [5.74, 6) is -0.356. The Morgan fingerprint density at radius 1 is 0.738 bits per heavy atom. The predicted molar refractivity (Wildman–Crippen MR) is 173 cm³/mol. The second-order valence-electron chi connectivity index (χ2n) is 10.3. The molecule has 0 aliphatic carbocycles. The summed E-state index contributed by atoms with van der Waals surface area (Å²) in [5.41, 5.74) is 5.32. The van der Waals surface area contributed by atoms with E-state index in [1.807, 2.05) is 0 Å². The van der Waals surface area contributed by atoms with Crippen molar-refractivity contribution < 1.29 is 32.8 Å². The molecule has 0 aliphatic heterocycles. The van der Waals surface area contributed by atoms with Gasteiger partial charge in [-0.15, -0.1) is 0 Å². The largest absolute Gasteiger partial charge is 0.472 e. The van der Waals surface area contributed by atoms with Gasteiger partial charge in [0.05, 0.1) is 19.8 Å². The van der Waals surface area contributed by atoms with Crippen LogP contribution in [-0.4, -0.2) is 49.9 Å². The van der Waals surface area contributed by atoms with Gasteiger partial charge in [0, 0.05) is 19.6 Å². The summed E-state index contributed by atoms with van der Waals surface area (Å²) in [6, 6.07) is 0. The van der Waals surface area contributed by atoms with Crippen molar-refractivity contribution in [1.29, 1.82) is 0 Å². The highest BCUT2D eigenvalue weighted by Gasteiger charge is 2.25. The molecule has 9 heteroatoms. The van der Waals surface area contributed by atoms with Gasteiger partial charge in [0.2, 0.25) is 0 Å². The number of rotatable bonds is 30. The lowest BCUT2D eigenvalue weighted by Gasteiger charge is -2.20. The van der Waals surface area contributed by atoms with Gasteiger partial charge in [-0.05, 0) is 44.9 Å². The van der Waals surface area contributed by atoms with Crippen LogP contribution in [0.25, 0.3) is 0 Å². The number of unbranched alkanes of at least 4 members (excludes halogenated alkanes) is 9. The van der Waals surface area contributed by atoms with Crippen molar-refractivity contribution in [1.82, 2.24) is 0 Å². The van der Waals surface area contributed by atoms with Crippen LogP contribution in [0.3, 0.4) is 0 Å². The van der Waals surface area contributed by atoms with Gasteiger partial charge in [-0.1, -0.05) is 114 Å². The van der Waals surface area contributed by atoms with Crippen molar-refractivity contribution in [3.63, 3.8) is 0 Å². The summed E-state index contributed by atoms with van der Waals surface area (Å²) < 4.78 is 33.0.